The molecule has 23 heavy (non-hydrogen) atoms. The summed E-state index contributed by atoms with van der Waals surface area (Å²) in [4.78, 5) is 6.94. The van der Waals surface area contributed by atoms with Gasteiger partial charge in [-0.15, -0.1) is 10.2 Å². The molecular weight excluding hydrogens is 290 g/mol. The Morgan fingerprint density at radius 2 is 1.87 bits per heavy atom. The van der Waals surface area contributed by atoms with E-state index in [-0.39, 0.29) is 0 Å². The molecule has 0 aliphatic carbocycles. The molecule has 0 fully saturated rings. The topological polar surface area (TPSA) is 55.5 Å². The van der Waals surface area contributed by atoms with Crippen LogP contribution in [0, 0.1) is 0 Å². The molecule has 6 nitrogen and oxygen atoms in total. The van der Waals surface area contributed by atoms with Crippen LogP contribution in [0.3, 0.4) is 0 Å². The summed E-state index contributed by atoms with van der Waals surface area (Å²) in [6, 6.07) is 16.2. The molecule has 0 unspecified atom stereocenters. The van der Waals surface area contributed by atoms with Crippen LogP contribution in [0.1, 0.15) is 0 Å². The van der Waals surface area contributed by atoms with Crippen molar-refractivity contribution in [2.75, 3.05) is 18.1 Å². The minimum absolute atomic E-state index is 0.600. The van der Waals surface area contributed by atoms with Crippen molar-refractivity contribution < 1.29 is 4.74 Å². The van der Waals surface area contributed by atoms with Crippen LogP contribution in [0.15, 0.2) is 54.9 Å². The lowest BCUT2D eigenvalue weighted by atomic mass is 10.2. The molecule has 0 amide bonds. The van der Waals surface area contributed by atoms with Crippen molar-refractivity contribution in [2.45, 2.75) is 0 Å². The fourth-order valence-electron chi connectivity index (χ4n) is 3.10. The molecule has 1 aliphatic heterocycles. The highest BCUT2D eigenvalue weighted by molar-refractivity contribution is 5.94. The van der Waals surface area contributed by atoms with E-state index in [0.29, 0.717) is 12.4 Å². The quantitative estimate of drug-likeness (QED) is 0.541. The Morgan fingerprint density at radius 1 is 1.00 bits per heavy atom. The van der Waals surface area contributed by atoms with Gasteiger partial charge in [-0.2, -0.15) is 4.98 Å². The SMILES string of the molecule is c1ccc2c(c1)OCCN2c1nc2nncn2c2ccccc12. The minimum atomic E-state index is 0.600. The molecule has 0 N–H and O–H groups in total. The number of nitrogens with zero attached hydrogens (tertiary/aromatic N) is 5. The van der Waals surface area contributed by atoms with Gasteiger partial charge < -0.3 is 9.64 Å². The summed E-state index contributed by atoms with van der Waals surface area (Å²) in [5.41, 5.74) is 2.07. The summed E-state index contributed by atoms with van der Waals surface area (Å²) >= 11 is 0. The Morgan fingerprint density at radius 3 is 2.87 bits per heavy atom. The number of benzene rings is 2. The highest BCUT2D eigenvalue weighted by Crippen LogP contribution is 2.38. The standard InChI is InChI=1S/C17H13N5O/c1-2-6-13-12(5-1)16(19-17-20-18-11-22(13)17)21-9-10-23-15-8-4-3-7-14(15)21/h1-8,11H,9-10H2. The summed E-state index contributed by atoms with van der Waals surface area (Å²) in [6.45, 7) is 1.38. The van der Waals surface area contributed by atoms with E-state index >= 15 is 0 Å². The predicted octanol–water partition coefficient (Wildman–Crippen LogP) is 2.81. The Balaban J connectivity index is 1.83. The van der Waals surface area contributed by atoms with E-state index in [4.69, 9.17) is 9.72 Å². The molecule has 0 bridgehead atoms. The first-order valence-electron chi connectivity index (χ1n) is 7.50. The molecule has 0 spiro atoms. The number of hydrogen-bond donors (Lipinski definition) is 0. The Bertz CT molecular complexity index is 1030. The summed E-state index contributed by atoms with van der Waals surface area (Å²) < 4.78 is 7.67. The van der Waals surface area contributed by atoms with Gasteiger partial charge in [0.15, 0.2) is 0 Å². The van der Waals surface area contributed by atoms with Gasteiger partial charge in [0.25, 0.3) is 5.78 Å². The fourth-order valence-corrected chi connectivity index (χ4v) is 3.10. The highest BCUT2D eigenvalue weighted by atomic mass is 16.5. The summed E-state index contributed by atoms with van der Waals surface area (Å²) in [6.07, 6.45) is 1.70. The first-order valence-corrected chi connectivity index (χ1v) is 7.50. The molecule has 0 radical (unpaired) electrons. The minimum Gasteiger partial charge on any atom is -0.490 e. The first kappa shape index (κ1) is 12.4. The molecule has 0 atom stereocenters. The fraction of sp³-hybridized carbons (Fsp3) is 0.118. The van der Waals surface area contributed by atoms with Gasteiger partial charge in [-0.25, -0.2) is 0 Å². The van der Waals surface area contributed by atoms with Crippen molar-refractivity contribution in [1.29, 1.82) is 0 Å². The summed E-state index contributed by atoms with van der Waals surface area (Å²) in [5.74, 6) is 2.37. The second kappa shape index (κ2) is 4.67. The van der Waals surface area contributed by atoms with Crippen LogP contribution >= 0.6 is 0 Å². The number of ether oxygens (including phenoxy) is 1. The maximum atomic E-state index is 5.76. The molecule has 5 rings (SSSR count). The lowest BCUT2D eigenvalue weighted by Gasteiger charge is -2.31. The van der Waals surface area contributed by atoms with Crippen LogP contribution in [0.4, 0.5) is 11.5 Å². The second-order valence-corrected chi connectivity index (χ2v) is 5.42. The third kappa shape index (κ3) is 1.78. The number of aromatic nitrogens is 4. The zero-order valence-electron chi connectivity index (χ0n) is 12.3. The van der Waals surface area contributed by atoms with Crippen molar-refractivity contribution in [3.8, 4) is 5.75 Å². The molecule has 0 saturated heterocycles. The summed E-state index contributed by atoms with van der Waals surface area (Å²) in [7, 11) is 0. The third-order valence-electron chi connectivity index (χ3n) is 4.12. The van der Waals surface area contributed by atoms with Crippen molar-refractivity contribution in [2.24, 2.45) is 0 Å². The second-order valence-electron chi connectivity index (χ2n) is 5.42. The van der Waals surface area contributed by atoms with Crippen molar-refractivity contribution in [3.05, 3.63) is 54.9 Å². The Labute approximate surface area is 132 Å². The lowest BCUT2D eigenvalue weighted by Crippen LogP contribution is -2.29. The van der Waals surface area contributed by atoms with Gasteiger partial charge in [-0.3, -0.25) is 4.40 Å². The van der Waals surface area contributed by atoms with Crippen molar-refractivity contribution in [3.63, 3.8) is 0 Å². The number of para-hydroxylation sites is 3. The Hall–Kier alpha value is -3.15. The van der Waals surface area contributed by atoms with E-state index < -0.39 is 0 Å². The normalized spacial score (nSPS) is 14.0. The van der Waals surface area contributed by atoms with E-state index in [1.54, 1.807) is 6.33 Å². The molecule has 6 heteroatoms. The molecule has 1 aliphatic rings. The monoisotopic (exact) mass is 303 g/mol. The third-order valence-corrected chi connectivity index (χ3v) is 4.12. The van der Waals surface area contributed by atoms with Crippen LogP contribution in [0.2, 0.25) is 0 Å². The zero-order valence-corrected chi connectivity index (χ0v) is 12.3. The number of anilines is 2. The number of hydrogen-bond acceptors (Lipinski definition) is 5. The molecule has 3 heterocycles. The van der Waals surface area contributed by atoms with Crippen LogP contribution in [-0.2, 0) is 0 Å². The highest BCUT2D eigenvalue weighted by Gasteiger charge is 2.23. The van der Waals surface area contributed by atoms with Crippen molar-refractivity contribution in [1.82, 2.24) is 19.6 Å². The average molecular weight is 303 g/mol. The van der Waals surface area contributed by atoms with E-state index in [1.807, 2.05) is 34.7 Å². The number of rotatable bonds is 1. The molecule has 0 saturated carbocycles. The predicted molar refractivity (Wildman–Crippen MR) is 87.2 cm³/mol. The van der Waals surface area contributed by atoms with Crippen LogP contribution in [0.25, 0.3) is 16.7 Å². The van der Waals surface area contributed by atoms with E-state index in [9.17, 15) is 0 Å². The van der Waals surface area contributed by atoms with Crippen LogP contribution in [0.5, 0.6) is 5.75 Å². The molecule has 4 aromatic rings. The largest absolute Gasteiger partial charge is 0.490 e. The smallest absolute Gasteiger partial charge is 0.257 e. The van der Waals surface area contributed by atoms with E-state index in [2.05, 4.69) is 33.3 Å². The zero-order chi connectivity index (χ0) is 15.2. The van der Waals surface area contributed by atoms with E-state index in [0.717, 1.165) is 34.7 Å². The average Bonchev–Trinajstić information content (AvgIpc) is 3.09. The molecule has 2 aromatic carbocycles. The number of fused-ring (bicyclic) bond motifs is 4. The van der Waals surface area contributed by atoms with Gasteiger partial charge in [0.1, 0.15) is 24.5 Å². The van der Waals surface area contributed by atoms with Crippen LogP contribution in [-0.4, -0.2) is 32.7 Å². The van der Waals surface area contributed by atoms with Gasteiger partial charge in [0, 0.05) is 5.39 Å². The molecular formula is C17H13N5O. The maximum Gasteiger partial charge on any atom is 0.257 e. The van der Waals surface area contributed by atoms with E-state index in [1.165, 1.54) is 0 Å². The van der Waals surface area contributed by atoms with Crippen LogP contribution < -0.4 is 9.64 Å². The van der Waals surface area contributed by atoms with Gasteiger partial charge >= 0.3 is 0 Å². The first-order chi connectivity index (χ1) is 11.4. The van der Waals surface area contributed by atoms with Gasteiger partial charge in [-0.1, -0.05) is 24.3 Å². The Kier molecular flexibility index (Phi) is 2.52. The maximum absolute atomic E-state index is 5.76. The molecule has 112 valence electrons. The van der Waals surface area contributed by atoms with Gasteiger partial charge in [0.05, 0.1) is 17.7 Å². The lowest BCUT2D eigenvalue weighted by molar-refractivity contribution is 0.314. The van der Waals surface area contributed by atoms with Gasteiger partial charge in [-0.05, 0) is 24.3 Å². The van der Waals surface area contributed by atoms with Gasteiger partial charge in [0.2, 0.25) is 0 Å². The van der Waals surface area contributed by atoms with Crippen molar-refractivity contribution >= 4 is 28.2 Å². The molecule has 2 aromatic heterocycles. The summed E-state index contributed by atoms with van der Waals surface area (Å²) in [5, 5.41) is 9.18.